The number of hydrogen-bond acceptors (Lipinski definition) is 4. The first kappa shape index (κ1) is 19.0. The molecule has 1 saturated carbocycles. The number of nitriles is 1. The highest BCUT2D eigenvalue weighted by Crippen LogP contribution is 2.43. The Morgan fingerprint density at radius 1 is 1.14 bits per heavy atom. The topological polar surface area (TPSA) is 100 Å². The minimum atomic E-state index is -3.83. The van der Waals surface area contributed by atoms with Crippen LogP contribution < -0.4 is 0 Å². The van der Waals surface area contributed by atoms with E-state index in [1.807, 2.05) is 18.2 Å². The third-order valence-electron chi connectivity index (χ3n) is 5.05. The average Bonchev–Trinajstić information content (AvgIpc) is 3.41. The second kappa shape index (κ2) is 7.22. The van der Waals surface area contributed by atoms with E-state index in [0.717, 1.165) is 12.8 Å². The van der Waals surface area contributed by atoms with Crippen molar-refractivity contribution in [3.63, 3.8) is 0 Å². The van der Waals surface area contributed by atoms with Gasteiger partial charge in [0.25, 0.3) is 0 Å². The molecule has 6 nitrogen and oxygen atoms in total. The molecule has 0 unspecified atom stereocenters. The molecule has 1 fully saturated rings. The summed E-state index contributed by atoms with van der Waals surface area (Å²) in [5.74, 6) is -1.33. The van der Waals surface area contributed by atoms with E-state index in [1.54, 1.807) is 41.2 Å². The molecule has 0 spiro atoms. The van der Waals surface area contributed by atoms with Crippen LogP contribution in [0.1, 0.15) is 45.8 Å². The minimum Gasteiger partial charge on any atom is -0.478 e. The number of nitrogens with zero attached hydrogens (tertiary/aromatic N) is 2. The molecule has 3 aromatic rings. The molecule has 0 amide bonds. The number of carbonyl (C=O) groups is 1. The molecule has 1 aliphatic carbocycles. The fraction of sp³-hybridized carbons (Fsp3) is 0.182. The van der Waals surface area contributed by atoms with Gasteiger partial charge in [-0.1, -0.05) is 6.07 Å². The molecule has 7 heteroatoms. The van der Waals surface area contributed by atoms with E-state index in [4.69, 9.17) is 0 Å². The van der Waals surface area contributed by atoms with E-state index < -0.39 is 15.8 Å². The molecular formula is C22H18N2O4S. The summed E-state index contributed by atoms with van der Waals surface area (Å²) in [7, 11) is -3.83. The van der Waals surface area contributed by atoms with Gasteiger partial charge in [-0.05, 0) is 72.4 Å². The number of carboxylic acid groups (broad SMARTS) is 1. The SMILES string of the molecule is N#Cc1ccc(-n2cccc2)c(CS(=O)(=O)c2cc(C(=O)O)ccc2C2CC2)c1. The fourth-order valence-corrected chi connectivity index (χ4v) is 5.16. The Morgan fingerprint density at radius 3 is 2.48 bits per heavy atom. The summed E-state index contributed by atoms with van der Waals surface area (Å²) in [5.41, 5.74) is 2.15. The van der Waals surface area contributed by atoms with Crippen molar-refractivity contribution >= 4 is 15.8 Å². The van der Waals surface area contributed by atoms with Crippen LogP contribution in [0.15, 0.2) is 65.8 Å². The lowest BCUT2D eigenvalue weighted by Gasteiger charge is -2.14. The Balaban J connectivity index is 1.82. The third kappa shape index (κ3) is 3.80. The van der Waals surface area contributed by atoms with Crippen LogP contribution in [0.2, 0.25) is 0 Å². The fourth-order valence-electron chi connectivity index (χ4n) is 3.47. The van der Waals surface area contributed by atoms with Crippen molar-refractivity contribution < 1.29 is 18.3 Å². The molecule has 2 aromatic carbocycles. The normalized spacial score (nSPS) is 13.8. The zero-order valence-electron chi connectivity index (χ0n) is 15.4. The van der Waals surface area contributed by atoms with Gasteiger partial charge in [-0.3, -0.25) is 0 Å². The highest BCUT2D eigenvalue weighted by molar-refractivity contribution is 7.90. The van der Waals surface area contributed by atoms with Crippen molar-refractivity contribution in [2.24, 2.45) is 0 Å². The first-order chi connectivity index (χ1) is 13.9. The molecule has 1 N–H and O–H groups in total. The molecule has 0 radical (unpaired) electrons. The Bertz CT molecular complexity index is 1230. The molecule has 0 bridgehead atoms. The maximum Gasteiger partial charge on any atom is 0.335 e. The largest absolute Gasteiger partial charge is 0.478 e. The monoisotopic (exact) mass is 406 g/mol. The van der Waals surface area contributed by atoms with Crippen LogP contribution in [0.4, 0.5) is 0 Å². The lowest BCUT2D eigenvalue weighted by atomic mass is 10.1. The van der Waals surface area contributed by atoms with Crippen LogP contribution in [0.25, 0.3) is 5.69 Å². The first-order valence-electron chi connectivity index (χ1n) is 9.15. The van der Waals surface area contributed by atoms with E-state index in [0.29, 0.717) is 22.4 Å². The highest BCUT2D eigenvalue weighted by atomic mass is 32.2. The van der Waals surface area contributed by atoms with Gasteiger partial charge in [-0.15, -0.1) is 0 Å². The van der Waals surface area contributed by atoms with Gasteiger partial charge in [0.2, 0.25) is 0 Å². The summed E-state index contributed by atoms with van der Waals surface area (Å²) < 4.78 is 28.5. The van der Waals surface area contributed by atoms with Crippen molar-refractivity contribution in [3.05, 3.63) is 83.2 Å². The number of hydrogen-bond donors (Lipinski definition) is 1. The summed E-state index contributed by atoms with van der Waals surface area (Å²) in [5, 5.41) is 18.6. The van der Waals surface area contributed by atoms with E-state index in [2.05, 4.69) is 0 Å². The summed E-state index contributed by atoms with van der Waals surface area (Å²) in [6.45, 7) is 0. The molecule has 4 rings (SSSR count). The quantitative estimate of drug-likeness (QED) is 0.669. The van der Waals surface area contributed by atoms with Crippen molar-refractivity contribution in [3.8, 4) is 11.8 Å². The number of benzene rings is 2. The van der Waals surface area contributed by atoms with Crippen molar-refractivity contribution in [1.82, 2.24) is 4.57 Å². The summed E-state index contributed by atoms with van der Waals surface area (Å²) in [6.07, 6.45) is 5.40. The number of aromatic carboxylic acids is 1. The molecular weight excluding hydrogens is 388 g/mol. The number of carboxylic acids is 1. The predicted molar refractivity (Wildman–Crippen MR) is 107 cm³/mol. The van der Waals surface area contributed by atoms with Crippen molar-refractivity contribution in [2.45, 2.75) is 29.4 Å². The Hall–Kier alpha value is -3.37. The molecule has 29 heavy (non-hydrogen) atoms. The van der Waals surface area contributed by atoms with Gasteiger partial charge in [0.1, 0.15) is 0 Å². The van der Waals surface area contributed by atoms with Crippen LogP contribution in [0, 0.1) is 11.3 Å². The number of rotatable bonds is 6. The Kier molecular flexibility index (Phi) is 4.73. The Labute approximate surface area is 168 Å². The molecule has 146 valence electrons. The maximum atomic E-state index is 13.4. The molecule has 0 saturated heterocycles. The molecule has 0 aliphatic heterocycles. The number of aromatic nitrogens is 1. The zero-order valence-corrected chi connectivity index (χ0v) is 16.3. The van der Waals surface area contributed by atoms with Crippen LogP contribution in [-0.2, 0) is 15.6 Å². The lowest BCUT2D eigenvalue weighted by molar-refractivity contribution is 0.0696. The van der Waals surface area contributed by atoms with E-state index in [9.17, 15) is 23.6 Å². The highest BCUT2D eigenvalue weighted by Gasteiger charge is 2.31. The van der Waals surface area contributed by atoms with Gasteiger partial charge in [-0.2, -0.15) is 5.26 Å². The average molecular weight is 406 g/mol. The predicted octanol–water partition coefficient (Wildman–Crippen LogP) is 3.90. The standard InChI is InChI=1S/C22H18N2O4S/c23-13-15-3-8-20(24-9-1-2-10-24)18(11-15)14-29(27,28)21-12-17(22(25)26)6-7-19(21)16-4-5-16/h1-3,6-12,16H,4-5,14H2,(H,25,26). The summed E-state index contributed by atoms with van der Waals surface area (Å²) in [4.78, 5) is 11.5. The summed E-state index contributed by atoms with van der Waals surface area (Å²) >= 11 is 0. The molecule has 1 heterocycles. The zero-order chi connectivity index (χ0) is 20.6. The van der Waals surface area contributed by atoms with E-state index in [1.165, 1.54) is 12.1 Å². The lowest BCUT2D eigenvalue weighted by Crippen LogP contribution is -2.12. The Morgan fingerprint density at radius 2 is 1.86 bits per heavy atom. The summed E-state index contributed by atoms with van der Waals surface area (Å²) in [6, 6.07) is 15.0. The second-order valence-corrected chi connectivity index (χ2v) is 9.09. The van der Waals surface area contributed by atoms with Crippen LogP contribution >= 0.6 is 0 Å². The molecule has 1 aromatic heterocycles. The van der Waals surface area contributed by atoms with Crippen LogP contribution in [0.5, 0.6) is 0 Å². The number of sulfone groups is 1. The van der Waals surface area contributed by atoms with Crippen molar-refractivity contribution in [2.75, 3.05) is 0 Å². The van der Waals surface area contributed by atoms with Gasteiger partial charge in [-0.25, -0.2) is 13.2 Å². The van der Waals surface area contributed by atoms with Gasteiger partial charge >= 0.3 is 5.97 Å². The van der Waals surface area contributed by atoms with Gasteiger partial charge in [0.15, 0.2) is 9.84 Å². The van der Waals surface area contributed by atoms with Crippen LogP contribution in [-0.4, -0.2) is 24.1 Å². The van der Waals surface area contributed by atoms with Gasteiger partial charge < -0.3 is 9.67 Å². The second-order valence-electron chi connectivity index (χ2n) is 7.14. The first-order valence-corrected chi connectivity index (χ1v) is 10.8. The van der Waals surface area contributed by atoms with Gasteiger partial charge in [0.05, 0.1) is 27.8 Å². The van der Waals surface area contributed by atoms with Crippen molar-refractivity contribution in [1.29, 1.82) is 5.26 Å². The smallest absolute Gasteiger partial charge is 0.335 e. The molecule has 1 aliphatic rings. The third-order valence-corrected chi connectivity index (χ3v) is 6.76. The minimum absolute atomic E-state index is 0.0515. The van der Waals surface area contributed by atoms with Gasteiger partial charge in [0, 0.05) is 18.1 Å². The molecule has 0 atom stereocenters. The van der Waals surface area contributed by atoms with Crippen LogP contribution in [0.3, 0.4) is 0 Å². The maximum absolute atomic E-state index is 13.4. The van der Waals surface area contributed by atoms with E-state index >= 15 is 0 Å². The van der Waals surface area contributed by atoms with E-state index in [-0.39, 0.29) is 22.1 Å².